The summed E-state index contributed by atoms with van der Waals surface area (Å²) in [4.78, 5) is 25.5. The topological polar surface area (TPSA) is 72.7 Å². The molecule has 2 aromatic carbocycles. The Bertz CT molecular complexity index is 990. The highest BCUT2D eigenvalue weighted by atomic mass is 16.6. The molecule has 1 fully saturated rings. The lowest BCUT2D eigenvalue weighted by Gasteiger charge is -2.50. The van der Waals surface area contributed by atoms with E-state index in [4.69, 9.17) is 4.74 Å². The molecule has 0 aromatic heterocycles. The first-order valence-electron chi connectivity index (χ1n) is 9.22. The fourth-order valence-corrected chi connectivity index (χ4v) is 4.08. The normalized spacial score (nSPS) is 23.0. The molecule has 2 heterocycles. The van der Waals surface area contributed by atoms with Crippen molar-refractivity contribution < 1.29 is 14.5 Å². The Morgan fingerprint density at radius 2 is 2.00 bits per heavy atom. The second-order valence-corrected chi connectivity index (χ2v) is 7.17. The number of nitro benzene ring substituents is 1. The number of non-ortho nitro benzene ring substituents is 1. The molecule has 0 aliphatic carbocycles. The van der Waals surface area contributed by atoms with Gasteiger partial charge >= 0.3 is 0 Å². The number of para-hydroxylation sites is 1. The van der Waals surface area contributed by atoms with E-state index in [1.807, 2.05) is 18.2 Å². The number of ether oxygens (including phenoxy) is 1. The number of carbonyl (C=O) groups is 1. The fraction of sp³-hybridized carbons (Fsp3) is 0.318. The third-order valence-electron chi connectivity index (χ3n) is 5.60. The number of rotatable bonds is 2. The molecule has 2 aliphatic heterocycles. The minimum Gasteiger partial charge on any atom is -0.377 e. The van der Waals surface area contributed by atoms with Crippen LogP contribution in [0.15, 0.2) is 48.5 Å². The number of benzene rings is 2. The zero-order valence-corrected chi connectivity index (χ0v) is 15.6. The lowest BCUT2D eigenvalue weighted by molar-refractivity contribution is -0.384. The summed E-state index contributed by atoms with van der Waals surface area (Å²) in [5.74, 6) is 6.35. The number of hydrogen-bond donors (Lipinski definition) is 0. The van der Waals surface area contributed by atoms with E-state index < -0.39 is 10.3 Å². The average molecular weight is 376 g/mol. The van der Waals surface area contributed by atoms with Gasteiger partial charge in [-0.3, -0.25) is 14.9 Å². The number of hydrogen-bond acceptors (Lipinski definition) is 5. The molecule has 0 radical (unpaired) electrons. The van der Waals surface area contributed by atoms with Crippen molar-refractivity contribution in [3.63, 3.8) is 0 Å². The first-order chi connectivity index (χ1) is 13.5. The summed E-state index contributed by atoms with van der Waals surface area (Å²) in [5, 5.41) is 10.8. The van der Waals surface area contributed by atoms with E-state index in [-0.39, 0.29) is 17.5 Å². The molecular weight excluding hydrogens is 356 g/mol. The van der Waals surface area contributed by atoms with Gasteiger partial charge in [0, 0.05) is 36.3 Å². The van der Waals surface area contributed by atoms with Gasteiger partial charge in [-0.15, -0.1) is 0 Å². The molecule has 0 amide bonds. The monoisotopic (exact) mass is 376 g/mol. The van der Waals surface area contributed by atoms with E-state index >= 15 is 0 Å². The maximum Gasteiger partial charge on any atom is 0.269 e. The number of anilines is 1. The first-order valence-corrected chi connectivity index (χ1v) is 9.22. The lowest BCUT2D eigenvalue weighted by atomic mass is 9.69. The minimum atomic E-state index is -0.878. The maximum absolute atomic E-state index is 12.9. The number of morpholine rings is 1. The van der Waals surface area contributed by atoms with Crippen LogP contribution in [-0.4, -0.2) is 36.5 Å². The standard InChI is InChI=1S/C22H20N2O4/c1-16(25)22(11-10-17-6-8-19(9-7-17)24(26)27)14-18-4-2-3-5-20(18)23-12-13-28-15-21(22)23/h2-9,21H,12-15H2,1H3/t21-,22-/m1/s1. The Balaban J connectivity index is 1.77. The van der Waals surface area contributed by atoms with Crippen LogP contribution >= 0.6 is 0 Å². The van der Waals surface area contributed by atoms with E-state index in [0.717, 1.165) is 17.8 Å². The predicted molar refractivity (Wildman–Crippen MR) is 105 cm³/mol. The zero-order chi connectivity index (χ0) is 19.7. The second kappa shape index (κ2) is 7.10. The molecule has 142 valence electrons. The Kier molecular flexibility index (Phi) is 4.62. The fourth-order valence-electron chi connectivity index (χ4n) is 4.08. The molecule has 0 spiro atoms. The number of nitro groups is 1. The van der Waals surface area contributed by atoms with Crippen LogP contribution in [0.3, 0.4) is 0 Å². The molecule has 28 heavy (non-hydrogen) atoms. The lowest BCUT2D eigenvalue weighted by Crippen LogP contribution is -2.60. The minimum absolute atomic E-state index is 0.0110. The molecule has 2 aromatic rings. The van der Waals surface area contributed by atoms with Gasteiger partial charge in [0.25, 0.3) is 5.69 Å². The highest BCUT2D eigenvalue weighted by Crippen LogP contribution is 2.43. The van der Waals surface area contributed by atoms with Crippen molar-refractivity contribution in [3.05, 3.63) is 69.8 Å². The number of Topliss-reactive ketones (excluding diaryl/α,β-unsaturated/α-hetero) is 1. The molecule has 2 aliphatic rings. The van der Waals surface area contributed by atoms with Crippen LogP contribution in [0.2, 0.25) is 0 Å². The summed E-state index contributed by atoms with van der Waals surface area (Å²) in [6, 6.07) is 14.1. The Labute approximate surface area is 163 Å². The molecule has 6 heteroatoms. The quantitative estimate of drug-likeness (QED) is 0.458. The number of nitrogens with zero attached hydrogens (tertiary/aromatic N) is 2. The molecule has 0 N–H and O–H groups in total. The van der Waals surface area contributed by atoms with Gasteiger partial charge in [0.2, 0.25) is 0 Å². The van der Waals surface area contributed by atoms with Gasteiger partial charge < -0.3 is 9.64 Å². The summed E-state index contributed by atoms with van der Waals surface area (Å²) in [7, 11) is 0. The Hall–Kier alpha value is -3.17. The number of carbonyl (C=O) groups excluding carboxylic acids is 1. The molecule has 6 nitrogen and oxygen atoms in total. The zero-order valence-electron chi connectivity index (χ0n) is 15.6. The molecular formula is C22H20N2O4. The number of fused-ring (bicyclic) bond motifs is 3. The van der Waals surface area contributed by atoms with E-state index in [2.05, 4.69) is 22.8 Å². The van der Waals surface area contributed by atoms with Crippen LogP contribution in [0.25, 0.3) is 0 Å². The highest BCUT2D eigenvalue weighted by molar-refractivity contribution is 5.89. The molecule has 4 rings (SSSR count). The van der Waals surface area contributed by atoms with Crippen LogP contribution in [0, 0.1) is 27.4 Å². The Morgan fingerprint density at radius 3 is 2.71 bits per heavy atom. The van der Waals surface area contributed by atoms with Gasteiger partial charge in [0.05, 0.1) is 24.2 Å². The predicted octanol–water partition coefficient (Wildman–Crippen LogP) is 2.98. The van der Waals surface area contributed by atoms with Crippen molar-refractivity contribution in [1.29, 1.82) is 0 Å². The maximum atomic E-state index is 12.9. The van der Waals surface area contributed by atoms with Crippen LogP contribution in [0.4, 0.5) is 11.4 Å². The van der Waals surface area contributed by atoms with Crippen molar-refractivity contribution in [2.75, 3.05) is 24.7 Å². The van der Waals surface area contributed by atoms with Gasteiger partial charge in [0.1, 0.15) is 11.2 Å². The molecule has 0 unspecified atom stereocenters. The largest absolute Gasteiger partial charge is 0.377 e. The summed E-state index contributed by atoms with van der Waals surface area (Å²) in [6.07, 6.45) is 0.531. The van der Waals surface area contributed by atoms with E-state index in [1.165, 1.54) is 12.1 Å². The van der Waals surface area contributed by atoms with Gasteiger partial charge in [-0.2, -0.15) is 0 Å². The van der Waals surface area contributed by atoms with Crippen molar-refractivity contribution in [1.82, 2.24) is 0 Å². The Morgan fingerprint density at radius 1 is 1.25 bits per heavy atom. The third kappa shape index (κ3) is 3.04. The molecule has 2 atom stereocenters. The molecule has 0 saturated carbocycles. The smallest absolute Gasteiger partial charge is 0.269 e. The second-order valence-electron chi connectivity index (χ2n) is 7.17. The van der Waals surface area contributed by atoms with E-state index in [0.29, 0.717) is 25.2 Å². The van der Waals surface area contributed by atoms with Gasteiger partial charge in [-0.05, 0) is 30.7 Å². The average Bonchev–Trinajstić information content (AvgIpc) is 2.72. The van der Waals surface area contributed by atoms with E-state index in [9.17, 15) is 14.9 Å². The summed E-state index contributed by atoms with van der Waals surface area (Å²) >= 11 is 0. The van der Waals surface area contributed by atoms with Gasteiger partial charge in [-0.25, -0.2) is 0 Å². The summed E-state index contributed by atoms with van der Waals surface area (Å²) in [6.45, 7) is 3.37. The van der Waals surface area contributed by atoms with Crippen molar-refractivity contribution in [3.8, 4) is 11.8 Å². The first kappa shape index (κ1) is 18.2. The summed E-state index contributed by atoms with van der Waals surface area (Å²) in [5.41, 5.74) is 2.04. The van der Waals surface area contributed by atoms with Crippen LogP contribution in [-0.2, 0) is 16.0 Å². The van der Waals surface area contributed by atoms with Crippen LogP contribution < -0.4 is 4.90 Å². The van der Waals surface area contributed by atoms with Crippen LogP contribution in [0.1, 0.15) is 18.1 Å². The van der Waals surface area contributed by atoms with Gasteiger partial charge in [-0.1, -0.05) is 30.0 Å². The molecule has 0 bridgehead atoms. The summed E-state index contributed by atoms with van der Waals surface area (Å²) < 4.78 is 5.72. The van der Waals surface area contributed by atoms with Crippen molar-refractivity contribution in [2.45, 2.75) is 19.4 Å². The van der Waals surface area contributed by atoms with Gasteiger partial charge in [0.15, 0.2) is 0 Å². The van der Waals surface area contributed by atoms with Crippen molar-refractivity contribution in [2.24, 2.45) is 5.41 Å². The molecule has 1 saturated heterocycles. The SMILES string of the molecule is CC(=O)[C@@]1(C#Cc2ccc([N+](=O)[O-])cc2)Cc2ccccc2N2CCOC[C@@H]21. The highest BCUT2D eigenvalue weighted by Gasteiger charge is 2.50. The van der Waals surface area contributed by atoms with Crippen LogP contribution in [0.5, 0.6) is 0 Å². The van der Waals surface area contributed by atoms with Crippen molar-refractivity contribution >= 4 is 17.2 Å². The third-order valence-corrected chi connectivity index (χ3v) is 5.60. The van der Waals surface area contributed by atoms with E-state index in [1.54, 1.807) is 19.1 Å². The number of ketones is 1.